The quantitative estimate of drug-likeness (QED) is 0.664. The summed E-state index contributed by atoms with van der Waals surface area (Å²) in [5, 5.41) is 2.70. The molecule has 1 aliphatic heterocycles. The van der Waals surface area contributed by atoms with Crippen LogP contribution in [0.2, 0.25) is 0 Å². The molecular formula is C24H29N3O4. The number of carbonyl (C=O) groups is 1. The van der Waals surface area contributed by atoms with Crippen LogP contribution < -0.4 is 24.4 Å². The molecular weight excluding hydrogens is 394 g/mol. The lowest BCUT2D eigenvalue weighted by molar-refractivity contribution is -0.117. The number of benzene rings is 1. The Morgan fingerprint density at radius 3 is 2.71 bits per heavy atom. The van der Waals surface area contributed by atoms with Gasteiger partial charge in [-0.05, 0) is 48.6 Å². The molecule has 0 spiro atoms. The number of pyridine rings is 1. The van der Waals surface area contributed by atoms with Crippen molar-refractivity contribution in [3.63, 3.8) is 0 Å². The highest BCUT2D eigenvalue weighted by Crippen LogP contribution is 2.34. The van der Waals surface area contributed by atoms with Gasteiger partial charge in [-0.25, -0.2) is 4.98 Å². The van der Waals surface area contributed by atoms with Crippen LogP contribution in [0.15, 0.2) is 43.1 Å². The second-order valence-electron chi connectivity index (χ2n) is 8.11. The normalized spacial score (nSPS) is 17.9. The fourth-order valence-electron chi connectivity index (χ4n) is 3.60. The van der Waals surface area contributed by atoms with Gasteiger partial charge in [0.1, 0.15) is 11.9 Å². The first-order valence-electron chi connectivity index (χ1n) is 10.7. The monoisotopic (exact) mass is 423 g/mol. The standard InChI is InChI=1S/C24H29N3O4/c1-16(26-17(2)28)19-6-8-21(9-7-19)31-22-10-11-27(14-22)20-12-23(29-3)24(25-13-20)30-15-18-4-5-18/h6-9,12-13,18,22H,1,4-5,10-11,14-15H2,2-3H3,(H,26,28)/t22-/m1/s1. The van der Waals surface area contributed by atoms with Crippen LogP contribution in [0.5, 0.6) is 17.4 Å². The summed E-state index contributed by atoms with van der Waals surface area (Å²) < 4.78 is 17.5. The highest BCUT2D eigenvalue weighted by Gasteiger charge is 2.26. The minimum atomic E-state index is -0.134. The molecule has 7 nitrogen and oxygen atoms in total. The van der Waals surface area contributed by atoms with E-state index >= 15 is 0 Å². The van der Waals surface area contributed by atoms with Crippen molar-refractivity contribution in [3.05, 3.63) is 48.7 Å². The van der Waals surface area contributed by atoms with Crippen LogP contribution in [0, 0.1) is 5.92 Å². The van der Waals surface area contributed by atoms with Crippen molar-refractivity contribution in [1.82, 2.24) is 10.3 Å². The van der Waals surface area contributed by atoms with E-state index < -0.39 is 0 Å². The van der Waals surface area contributed by atoms with E-state index in [0.717, 1.165) is 36.5 Å². The number of aromatic nitrogens is 1. The molecule has 1 saturated carbocycles. The third-order valence-corrected chi connectivity index (χ3v) is 5.52. The lowest BCUT2D eigenvalue weighted by atomic mass is 10.1. The molecule has 0 unspecified atom stereocenters. The fourth-order valence-corrected chi connectivity index (χ4v) is 3.60. The Kier molecular flexibility index (Phi) is 6.30. The van der Waals surface area contributed by atoms with Crippen molar-refractivity contribution in [2.45, 2.75) is 32.3 Å². The molecule has 7 heteroatoms. The topological polar surface area (TPSA) is 72.9 Å². The first-order valence-corrected chi connectivity index (χ1v) is 10.7. The van der Waals surface area contributed by atoms with Gasteiger partial charge in [-0.3, -0.25) is 4.79 Å². The number of methoxy groups -OCH3 is 1. The Hall–Kier alpha value is -3.22. The summed E-state index contributed by atoms with van der Waals surface area (Å²) in [6, 6.07) is 9.59. The highest BCUT2D eigenvalue weighted by atomic mass is 16.5. The molecule has 2 fully saturated rings. The molecule has 31 heavy (non-hydrogen) atoms. The van der Waals surface area contributed by atoms with Crippen LogP contribution in [-0.2, 0) is 4.79 Å². The Balaban J connectivity index is 1.33. The van der Waals surface area contributed by atoms with Crippen molar-refractivity contribution < 1.29 is 19.0 Å². The maximum atomic E-state index is 11.2. The van der Waals surface area contributed by atoms with Crippen molar-refractivity contribution in [3.8, 4) is 17.4 Å². The minimum absolute atomic E-state index is 0.0844. The highest BCUT2D eigenvalue weighted by molar-refractivity contribution is 5.84. The van der Waals surface area contributed by atoms with Gasteiger partial charge >= 0.3 is 0 Å². The average molecular weight is 424 g/mol. The molecule has 2 aromatic rings. The van der Waals surface area contributed by atoms with Gasteiger partial charge in [-0.2, -0.15) is 0 Å². The first kappa shape index (κ1) is 21.0. The molecule has 1 amide bonds. The zero-order valence-corrected chi connectivity index (χ0v) is 18.1. The average Bonchev–Trinajstić information content (AvgIpc) is 3.48. The predicted molar refractivity (Wildman–Crippen MR) is 120 cm³/mol. The summed E-state index contributed by atoms with van der Waals surface area (Å²) in [5.74, 6) is 2.56. The third kappa shape index (κ3) is 5.48. The molecule has 1 atom stereocenters. The van der Waals surface area contributed by atoms with Gasteiger partial charge in [-0.1, -0.05) is 6.58 Å². The van der Waals surface area contributed by atoms with Crippen molar-refractivity contribution >= 4 is 17.3 Å². The van der Waals surface area contributed by atoms with Crippen molar-refractivity contribution in [2.24, 2.45) is 5.92 Å². The predicted octanol–water partition coefficient (Wildman–Crippen LogP) is 3.64. The molecule has 0 bridgehead atoms. The third-order valence-electron chi connectivity index (χ3n) is 5.52. The zero-order chi connectivity index (χ0) is 21.8. The number of rotatable bonds is 9. The van der Waals surface area contributed by atoms with Gasteiger partial charge in [0.2, 0.25) is 5.91 Å². The summed E-state index contributed by atoms with van der Waals surface area (Å²) in [6.45, 7) is 7.71. The number of hydrogen-bond acceptors (Lipinski definition) is 6. The van der Waals surface area contributed by atoms with E-state index in [1.54, 1.807) is 7.11 Å². The van der Waals surface area contributed by atoms with Crippen LogP contribution in [-0.4, -0.2) is 43.8 Å². The number of carbonyl (C=O) groups excluding carboxylic acids is 1. The first-order chi connectivity index (χ1) is 15.0. The summed E-state index contributed by atoms with van der Waals surface area (Å²) >= 11 is 0. The Bertz CT molecular complexity index is 940. The van der Waals surface area contributed by atoms with Gasteiger partial charge in [0, 0.05) is 31.7 Å². The van der Waals surface area contributed by atoms with Crippen LogP contribution in [0.1, 0.15) is 31.7 Å². The SMILES string of the molecule is C=C(NC(C)=O)c1ccc(O[C@@H]2CCN(c3cnc(OCC4CC4)c(OC)c3)C2)cc1. The summed E-state index contributed by atoms with van der Waals surface area (Å²) in [6.07, 6.45) is 5.32. The fraction of sp³-hybridized carbons (Fsp3) is 0.417. The molecule has 0 radical (unpaired) electrons. The van der Waals surface area contributed by atoms with E-state index in [1.807, 2.05) is 36.5 Å². The van der Waals surface area contributed by atoms with E-state index in [0.29, 0.717) is 29.9 Å². The van der Waals surface area contributed by atoms with Crippen molar-refractivity contribution in [1.29, 1.82) is 0 Å². The second-order valence-corrected chi connectivity index (χ2v) is 8.11. The molecule has 2 heterocycles. The Labute approximate surface area is 183 Å². The summed E-state index contributed by atoms with van der Waals surface area (Å²) in [5.41, 5.74) is 2.44. The van der Waals surface area contributed by atoms with E-state index in [2.05, 4.69) is 21.8 Å². The van der Waals surface area contributed by atoms with E-state index in [-0.39, 0.29) is 12.0 Å². The van der Waals surface area contributed by atoms with Crippen LogP contribution in [0.4, 0.5) is 5.69 Å². The number of anilines is 1. The number of hydrogen-bond donors (Lipinski definition) is 1. The van der Waals surface area contributed by atoms with Gasteiger partial charge in [-0.15, -0.1) is 0 Å². The molecule has 1 saturated heterocycles. The minimum Gasteiger partial charge on any atom is -0.491 e. The maximum Gasteiger partial charge on any atom is 0.257 e. The van der Waals surface area contributed by atoms with Gasteiger partial charge in [0.15, 0.2) is 5.75 Å². The zero-order valence-electron chi connectivity index (χ0n) is 18.1. The Morgan fingerprint density at radius 2 is 2.03 bits per heavy atom. The lowest BCUT2D eigenvalue weighted by Crippen LogP contribution is -2.24. The Morgan fingerprint density at radius 1 is 1.26 bits per heavy atom. The number of nitrogens with zero attached hydrogens (tertiary/aromatic N) is 2. The molecule has 164 valence electrons. The number of nitrogens with one attached hydrogen (secondary N) is 1. The second kappa shape index (κ2) is 9.29. The smallest absolute Gasteiger partial charge is 0.257 e. The lowest BCUT2D eigenvalue weighted by Gasteiger charge is -2.20. The van der Waals surface area contributed by atoms with E-state index in [1.165, 1.54) is 19.8 Å². The molecule has 4 rings (SSSR count). The summed E-state index contributed by atoms with van der Waals surface area (Å²) in [7, 11) is 1.64. The largest absolute Gasteiger partial charge is 0.491 e. The molecule has 1 N–H and O–H groups in total. The van der Waals surface area contributed by atoms with Gasteiger partial charge in [0.25, 0.3) is 5.88 Å². The maximum absolute atomic E-state index is 11.2. The van der Waals surface area contributed by atoms with E-state index in [9.17, 15) is 4.79 Å². The van der Waals surface area contributed by atoms with Crippen LogP contribution in [0.25, 0.3) is 5.70 Å². The van der Waals surface area contributed by atoms with Gasteiger partial charge < -0.3 is 24.4 Å². The molecule has 2 aliphatic rings. The molecule has 1 aliphatic carbocycles. The van der Waals surface area contributed by atoms with E-state index in [4.69, 9.17) is 14.2 Å². The number of ether oxygens (including phenoxy) is 3. The molecule has 1 aromatic carbocycles. The number of amides is 1. The van der Waals surface area contributed by atoms with Crippen LogP contribution >= 0.6 is 0 Å². The van der Waals surface area contributed by atoms with Crippen molar-refractivity contribution in [2.75, 3.05) is 31.7 Å². The molecule has 1 aromatic heterocycles. The van der Waals surface area contributed by atoms with Gasteiger partial charge in [0.05, 0.1) is 32.1 Å². The summed E-state index contributed by atoms with van der Waals surface area (Å²) in [4.78, 5) is 17.9. The van der Waals surface area contributed by atoms with Crippen LogP contribution in [0.3, 0.4) is 0 Å².